The summed E-state index contributed by atoms with van der Waals surface area (Å²) < 4.78 is 0. The Hall–Kier alpha value is -0.0800. The SMILES string of the molecule is Clc1ccc(CCBr)cn1. The van der Waals surface area contributed by atoms with Gasteiger partial charge in [0.1, 0.15) is 5.15 Å². The fourth-order valence-corrected chi connectivity index (χ4v) is 1.23. The van der Waals surface area contributed by atoms with Crippen molar-refractivity contribution in [3.05, 3.63) is 29.0 Å². The summed E-state index contributed by atoms with van der Waals surface area (Å²) in [6.45, 7) is 0. The van der Waals surface area contributed by atoms with Gasteiger partial charge in [-0.2, -0.15) is 0 Å². The Labute approximate surface area is 73.6 Å². The van der Waals surface area contributed by atoms with Crippen LogP contribution in [0, 0.1) is 0 Å². The molecule has 0 saturated heterocycles. The van der Waals surface area contributed by atoms with Gasteiger partial charge >= 0.3 is 0 Å². The van der Waals surface area contributed by atoms with Crippen LogP contribution in [0.2, 0.25) is 5.15 Å². The number of halogens is 2. The van der Waals surface area contributed by atoms with Crippen molar-refractivity contribution in [3.8, 4) is 0 Å². The first-order chi connectivity index (χ1) is 4.83. The lowest BCUT2D eigenvalue weighted by Gasteiger charge is -1.94. The highest BCUT2D eigenvalue weighted by atomic mass is 79.9. The molecule has 0 aliphatic heterocycles. The number of aryl methyl sites for hydroxylation is 1. The maximum absolute atomic E-state index is 5.59. The fourth-order valence-electron chi connectivity index (χ4n) is 0.663. The van der Waals surface area contributed by atoms with E-state index < -0.39 is 0 Å². The van der Waals surface area contributed by atoms with Crippen molar-refractivity contribution in [2.24, 2.45) is 0 Å². The highest BCUT2D eigenvalue weighted by Gasteiger charge is 1.90. The van der Waals surface area contributed by atoms with Crippen LogP contribution in [0.3, 0.4) is 0 Å². The largest absolute Gasteiger partial charge is 0.244 e. The second-order valence-corrected chi connectivity index (χ2v) is 3.11. The Morgan fingerprint density at radius 3 is 2.80 bits per heavy atom. The zero-order valence-electron chi connectivity index (χ0n) is 5.35. The van der Waals surface area contributed by atoms with Gasteiger partial charge in [0, 0.05) is 11.5 Å². The van der Waals surface area contributed by atoms with Gasteiger partial charge in [0.25, 0.3) is 0 Å². The number of pyridine rings is 1. The van der Waals surface area contributed by atoms with E-state index in [1.807, 2.05) is 6.07 Å². The van der Waals surface area contributed by atoms with Crippen LogP contribution in [0.25, 0.3) is 0 Å². The number of aromatic nitrogens is 1. The molecular weight excluding hydrogens is 213 g/mol. The first kappa shape index (κ1) is 8.02. The van der Waals surface area contributed by atoms with E-state index in [0.29, 0.717) is 5.15 Å². The predicted molar refractivity (Wildman–Crippen MR) is 46.7 cm³/mol. The van der Waals surface area contributed by atoms with Crippen LogP contribution in [-0.2, 0) is 6.42 Å². The Kier molecular flexibility index (Phi) is 3.16. The maximum Gasteiger partial charge on any atom is 0.129 e. The van der Waals surface area contributed by atoms with E-state index in [1.165, 1.54) is 5.56 Å². The third-order valence-corrected chi connectivity index (χ3v) is 1.79. The molecular formula is C7H7BrClN. The summed E-state index contributed by atoms with van der Waals surface area (Å²) in [5, 5.41) is 1.52. The third kappa shape index (κ3) is 2.27. The predicted octanol–water partition coefficient (Wildman–Crippen LogP) is 2.67. The summed E-state index contributed by atoms with van der Waals surface area (Å²) in [4.78, 5) is 3.94. The molecule has 0 aliphatic rings. The molecule has 0 spiro atoms. The minimum absolute atomic E-state index is 0.554. The summed E-state index contributed by atoms with van der Waals surface area (Å²) >= 11 is 8.93. The lowest BCUT2D eigenvalue weighted by Crippen LogP contribution is -1.85. The van der Waals surface area contributed by atoms with Crippen LogP contribution < -0.4 is 0 Å². The van der Waals surface area contributed by atoms with Gasteiger partial charge in [0.15, 0.2) is 0 Å². The summed E-state index contributed by atoms with van der Waals surface area (Å²) in [5.74, 6) is 0. The third-order valence-electron chi connectivity index (χ3n) is 1.17. The number of hydrogen-bond donors (Lipinski definition) is 0. The van der Waals surface area contributed by atoms with Gasteiger partial charge in [-0.05, 0) is 18.1 Å². The normalized spacial score (nSPS) is 9.80. The second-order valence-electron chi connectivity index (χ2n) is 1.93. The van der Waals surface area contributed by atoms with Crippen molar-refractivity contribution in [3.63, 3.8) is 0 Å². The Morgan fingerprint density at radius 1 is 1.50 bits per heavy atom. The first-order valence-electron chi connectivity index (χ1n) is 2.99. The molecule has 0 radical (unpaired) electrons. The summed E-state index contributed by atoms with van der Waals surface area (Å²) in [5.41, 5.74) is 1.21. The molecule has 1 nitrogen and oxygen atoms in total. The van der Waals surface area contributed by atoms with Gasteiger partial charge in [-0.15, -0.1) is 0 Å². The molecule has 3 heteroatoms. The van der Waals surface area contributed by atoms with Crippen LogP contribution in [0.4, 0.5) is 0 Å². The highest BCUT2D eigenvalue weighted by molar-refractivity contribution is 9.09. The van der Waals surface area contributed by atoms with E-state index in [1.54, 1.807) is 12.3 Å². The zero-order chi connectivity index (χ0) is 7.40. The average molecular weight is 220 g/mol. The van der Waals surface area contributed by atoms with Crippen LogP contribution in [0.15, 0.2) is 18.3 Å². The molecule has 0 saturated carbocycles. The number of alkyl halides is 1. The van der Waals surface area contributed by atoms with Crippen molar-refractivity contribution in [2.75, 3.05) is 5.33 Å². The van der Waals surface area contributed by atoms with Crippen molar-refractivity contribution < 1.29 is 0 Å². The summed E-state index contributed by atoms with van der Waals surface area (Å²) in [6.07, 6.45) is 2.80. The Balaban J connectivity index is 2.69. The molecule has 1 aromatic rings. The standard InChI is InChI=1S/C7H7BrClN/c8-4-3-6-1-2-7(9)10-5-6/h1-2,5H,3-4H2. The molecule has 10 heavy (non-hydrogen) atoms. The lowest BCUT2D eigenvalue weighted by atomic mass is 10.2. The van der Waals surface area contributed by atoms with Crippen LogP contribution in [-0.4, -0.2) is 10.3 Å². The van der Waals surface area contributed by atoms with Gasteiger partial charge in [0.05, 0.1) is 0 Å². The Bertz CT molecular complexity index is 197. The number of hydrogen-bond acceptors (Lipinski definition) is 1. The van der Waals surface area contributed by atoms with Crippen LogP contribution in [0.1, 0.15) is 5.56 Å². The van der Waals surface area contributed by atoms with E-state index in [9.17, 15) is 0 Å². The molecule has 0 unspecified atom stereocenters. The summed E-state index contributed by atoms with van der Waals surface area (Å²) in [7, 11) is 0. The van der Waals surface area contributed by atoms with Crippen molar-refractivity contribution in [1.29, 1.82) is 0 Å². The lowest BCUT2D eigenvalue weighted by molar-refractivity contribution is 1.13. The molecule has 0 fully saturated rings. The van der Waals surface area contributed by atoms with Crippen molar-refractivity contribution in [2.45, 2.75) is 6.42 Å². The van der Waals surface area contributed by atoms with Gasteiger partial charge in [-0.25, -0.2) is 4.98 Å². The highest BCUT2D eigenvalue weighted by Crippen LogP contribution is 2.06. The second kappa shape index (κ2) is 3.94. The first-order valence-corrected chi connectivity index (χ1v) is 4.49. The molecule has 1 heterocycles. The fraction of sp³-hybridized carbons (Fsp3) is 0.286. The maximum atomic E-state index is 5.59. The minimum Gasteiger partial charge on any atom is -0.244 e. The quantitative estimate of drug-likeness (QED) is 0.552. The molecule has 0 N–H and O–H groups in total. The molecule has 0 amide bonds. The van der Waals surface area contributed by atoms with E-state index in [4.69, 9.17) is 11.6 Å². The van der Waals surface area contributed by atoms with Gasteiger partial charge < -0.3 is 0 Å². The molecule has 1 aromatic heterocycles. The van der Waals surface area contributed by atoms with Crippen LogP contribution in [0.5, 0.6) is 0 Å². The average Bonchev–Trinajstić information content (AvgIpc) is 1.95. The molecule has 54 valence electrons. The molecule has 0 aromatic carbocycles. The van der Waals surface area contributed by atoms with E-state index >= 15 is 0 Å². The molecule has 1 rings (SSSR count). The van der Waals surface area contributed by atoms with Crippen molar-refractivity contribution in [1.82, 2.24) is 4.98 Å². The monoisotopic (exact) mass is 219 g/mol. The van der Waals surface area contributed by atoms with E-state index in [-0.39, 0.29) is 0 Å². The Morgan fingerprint density at radius 2 is 2.30 bits per heavy atom. The van der Waals surface area contributed by atoms with Crippen LogP contribution >= 0.6 is 27.5 Å². The zero-order valence-corrected chi connectivity index (χ0v) is 7.69. The topological polar surface area (TPSA) is 12.9 Å². The molecule has 0 bridgehead atoms. The number of nitrogens with zero attached hydrogens (tertiary/aromatic N) is 1. The molecule has 0 atom stereocenters. The van der Waals surface area contributed by atoms with Gasteiger partial charge in [-0.3, -0.25) is 0 Å². The summed E-state index contributed by atoms with van der Waals surface area (Å²) in [6, 6.07) is 3.79. The number of rotatable bonds is 2. The smallest absolute Gasteiger partial charge is 0.129 e. The van der Waals surface area contributed by atoms with Gasteiger partial charge in [0.2, 0.25) is 0 Å². The van der Waals surface area contributed by atoms with Gasteiger partial charge in [-0.1, -0.05) is 33.6 Å². The minimum atomic E-state index is 0.554. The van der Waals surface area contributed by atoms with Crippen molar-refractivity contribution >= 4 is 27.5 Å². The van der Waals surface area contributed by atoms with E-state index in [2.05, 4.69) is 20.9 Å². The van der Waals surface area contributed by atoms with E-state index in [0.717, 1.165) is 11.8 Å². The molecule has 0 aliphatic carbocycles.